The molecular weight excluding hydrogens is 342 g/mol. The van der Waals surface area contributed by atoms with Crippen LogP contribution in [0.5, 0.6) is 0 Å². The fourth-order valence-corrected chi connectivity index (χ4v) is 3.18. The van der Waals surface area contributed by atoms with Crippen molar-refractivity contribution in [2.75, 3.05) is 36.8 Å². The molecule has 138 valence electrons. The van der Waals surface area contributed by atoms with Crippen molar-refractivity contribution in [2.24, 2.45) is 0 Å². The van der Waals surface area contributed by atoms with Crippen molar-refractivity contribution >= 4 is 17.3 Å². The van der Waals surface area contributed by atoms with E-state index in [1.165, 1.54) is 10.5 Å². The third-order valence-corrected chi connectivity index (χ3v) is 4.63. The molecule has 0 bridgehead atoms. The van der Waals surface area contributed by atoms with Gasteiger partial charge >= 0.3 is 0 Å². The molecule has 1 amide bonds. The lowest BCUT2D eigenvalue weighted by atomic mass is 10.2. The van der Waals surface area contributed by atoms with Crippen molar-refractivity contribution in [3.63, 3.8) is 0 Å². The average molecular weight is 363 g/mol. The minimum Gasteiger partial charge on any atom is -0.399 e. The molecule has 0 aliphatic carbocycles. The van der Waals surface area contributed by atoms with Crippen LogP contribution in [0.15, 0.2) is 54.6 Å². The number of nitrogen functional groups attached to an aromatic ring is 1. The zero-order valence-electron chi connectivity index (χ0n) is 14.9. The Bertz CT molecular complexity index is 917. The van der Waals surface area contributed by atoms with Crippen LogP contribution in [0, 0.1) is 0 Å². The number of nitrogens with zero attached hydrogens (tertiary/aromatic N) is 6. The fourth-order valence-electron chi connectivity index (χ4n) is 3.18. The quantitative estimate of drug-likeness (QED) is 0.702. The number of carbonyl (C=O) groups is 1. The van der Waals surface area contributed by atoms with Crippen molar-refractivity contribution in [3.8, 4) is 11.4 Å². The molecule has 1 aliphatic rings. The van der Waals surface area contributed by atoms with Crippen molar-refractivity contribution in [3.05, 3.63) is 54.6 Å². The highest BCUT2D eigenvalue weighted by molar-refractivity contribution is 5.76. The Morgan fingerprint density at radius 3 is 2.52 bits per heavy atom. The van der Waals surface area contributed by atoms with Crippen LogP contribution in [0.2, 0.25) is 0 Å². The Balaban J connectivity index is 1.35. The SMILES string of the molecule is Nc1cccc(-c2nnn(CC(=O)N3CCN(c4ccccc4)CC3)n2)c1. The van der Waals surface area contributed by atoms with Crippen LogP contribution in [-0.2, 0) is 11.3 Å². The van der Waals surface area contributed by atoms with Gasteiger partial charge in [0.25, 0.3) is 0 Å². The Kier molecular flexibility index (Phi) is 4.69. The maximum Gasteiger partial charge on any atom is 0.246 e. The van der Waals surface area contributed by atoms with Crippen LogP contribution in [-0.4, -0.2) is 57.2 Å². The standard InChI is InChI=1S/C19H21N7O/c20-16-6-4-5-15(13-16)19-21-23-26(22-19)14-18(27)25-11-9-24(10-12-25)17-7-2-1-3-8-17/h1-8,13H,9-12,14,20H2. The third-order valence-electron chi connectivity index (χ3n) is 4.63. The molecule has 0 radical (unpaired) electrons. The van der Waals surface area contributed by atoms with Gasteiger partial charge in [0.2, 0.25) is 11.7 Å². The number of hydrogen-bond acceptors (Lipinski definition) is 6. The summed E-state index contributed by atoms with van der Waals surface area (Å²) >= 11 is 0. The molecule has 0 spiro atoms. The lowest BCUT2D eigenvalue weighted by Crippen LogP contribution is -2.49. The van der Waals surface area contributed by atoms with Gasteiger partial charge < -0.3 is 15.5 Å². The maximum atomic E-state index is 12.6. The van der Waals surface area contributed by atoms with E-state index in [-0.39, 0.29) is 12.5 Å². The van der Waals surface area contributed by atoms with E-state index in [1.807, 2.05) is 35.2 Å². The minimum atomic E-state index is -0.000706. The van der Waals surface area contributed by atoms with E-state index in [4.69, 9.17) is 5.73 Å². The number of benzene rings is 2. The number of carbonyl (C=O) groups excluding carboxylic acids is 1. The molecule has 1 aliphatic heterocycles. The van der Waals surface area contributed by atoms with Crippen LogP contribution in [0.4, 0.5) is 11.4 Å². The number of tetrazole rings is 1. The molecular formula is C19H21N7O. The predicted octanol–water partition coefficient (Wildman–Crippen LogP) is 1.27. The number of amides is 1. The summed E-state index contributed by atoms with van der Waals surface area (Å²) in [6, 6.07) is 17.5. The monoisotopic (exact) mass is 363 g/mol. The number of aromatic nitrogens is 4. The lowest BCUT2D eigenvalue weighted by Gasteiger charge is -2.36. The summed E-state index contributed by atoms with van der Waals surface area (Å²) in [6.45, 7) is 3.08. The van der Waals surface area contributed by atoms with Gasteiger partial charge in [-0.25, -0.2) is 0 Å². The molecule has 27 heavy (non-hydrogen) atoms. The minimum absolute atomic E-state index is 0.000706. The molecule has 1 saturated heterocycles. The molecule has 0 unspecified atom stereocenters. The van der Waals surface area contributed by atoms with Gasteiger partial charge in [-0.05, 0) is 29.5 Å². The number of hydrogen-bond donors (Lipinski definition) is 1. The van der Waals surface area contributed by atoms with Gasteiger partial charge in [-0.2, -0.15) is 4.80 Å². The number of anilines is 2. The van der Waals surface area contributed by atoms with Gasteiger partial charge in [0.15, 0.2) is 0 Å². The van der Waals surface area contributed by atoms with Crippen LogP contribution in [0.1, 0.15) is 0 Å². The molecule has 2 heterocycles. The van der Waals surface area contributed by atoms with E-state index < -0.39 is 0 Å². The first-order chi connectivity index (χ1) is 13.2. The summed E-state index contributed by atoms with van der Waals surface area (Å²) in [5.41, 5.74) is 8.39. The van der Waals surface area contributed by atoms with E-state index in [2.05, 4.69) is 32.4 Å². The molecule has 2 N–H and O–H groups in total. The summed E-state index contributed by atoms with van der Waals surface area (Å²) in [5.74, 6) is 0.461. The zero-order chi connectivity index (χ0) is 18.6. The summed E-state index contributed by atoms with van der Waals surface area (Å²) in [5, 5.41) is 12.3. The maximum absolute atomic E-state index is 12.6. The molecule has 8 heteroatoms. The first-order valence-electron chi connectivity index (χ1n) is 8.90. The predicted molar refractivity (Wildman–Crippen MR) is 103 cm³/mol. The van der Waals surface area contributed by atoms with Crippen LogP contribution in [0.25, 0.3) is 11.4 Å². The summed E-state index contributed by atoms with van der Waals surface area (Å²) in [6.07, 6.45) is 0. The Morgan fingerprint density at radius 1 is 1.00 bits per heavy atom. The van der Waals surface area contributed by atoms with Crippen LogP contribution >= 0.6 is 0 Å². The van der Waals surface area contributed by atoms with Gasteiger partial charge in [0.1, 0.15) is 6.54 Å². The van der Waals surface area contributed by atoms with E-state index in [9.17, 15) is 4.79 Å². The Hall–Kier alpha value is -3.42. The normalized spacial score (nSPS) is 14.4. The molecule has 0 atom stereocenters. The number of piperazine rings is 1. The molecule has 1 aromatic heterocycles. The molecule has 3 aromatic rings. The summed E-state index contributed by atoms with van der Waals surface area (Å²) in [7, 11) is 0. The Labute approximate surface area is 157 Å². The molecule has 0 saturated carbocycles. The van der Waals surface area contributed by atoms with E-state index in [0.717, 1.165) is 18.7 Å². The molecule has 1 fully saturated rings. The highest BCUT2D eigenvalue weighted by Crippen LogP contribution is 2.17. The smallest absolute Gasteiger partial charge is 0.246 e. The lowest BCUT2D eigenvalue weighted by molar-refractivity contribution is -0.132. The van der Waals surface area contributed by atoms with E-state index in [1.54, 1.807) is 12.1 Å². The van der Waals surface area contributed by atoms with Crippen molar-refractivity contribution in [1.29, 1.82) is 0 Å². The van der Waals surface area contributed by atoms with E-state index in [0.29, 0.717) is 24.6 Å². The van der Waals surface area contributed by atoms with Crippen molar-refractivity contribution < 1.29 is 4.79 Å². The largest absolute Gasteiger partial charge is 0.399 e. The highest BCUT2D eigenvalue weighted by Gasteiger charge is 2.22. The molecule has 4 rings (SSSR count). The molecule has 2 aromatic carbocycles. The number of para-hydroxylation sites is 1. The van der Waals surface area contributed by atoms with Crippen molar-refractivity contribution in [1.82, 2.24) is 25.1 Å². The number of rotatable bonds is 4. The fraction of sp³-hybridized carbons (Fsp3) is 0.263. The van der Waals surface area contributed by atoms with Crippen LogP contribution < -0.4 is 10.6 Å². The second kappa shape index (κ2) is 7.45. The van der Waals surface area contributed by atoms with Gasteiger partial charge in [-0.1, -0.05) is 30.3 Å². The Morgan fingerprint density at radius 2 is 1.78 bits per heavy atom. The number of nitrogens with two attached hydrogens (primary N) is 1. The van der Waals surface area contributed by atoms with Crippen molar-refractivity contribution in [2.45, 2.75) is 6.54 Å². The highest BCUT2D eigenvalue weighted by atomic mass is 16.2. The first-order valence-corrected chi connectivity index (χ1v) is 8.90. The summed E-state index contributed by atoms with van der Waals surface area (Å²) < 4.78 is 0. The topological polar surface area (TPSA) is 93.2 Å². The van der Waals surface area contributed by atoms with Gasteiger partial charge in [0.05, 0.1) is 0 Å². The van der Waals surface area contributed by atoms with Gasteiger partial charge in [0, 0.05) is 43.1 Å². The van der Waals surface area contributed by atoms with Gasteiger partial charge in [-0.15, -0.1) is 10.2 Å². The second-order valence-electron chi connectivity index (χ2n) is 6.47. The zero-order valence-corrected chi connectivity index (χ0v) is 14.9. The summed E-state index contributed by atoms with van der Waals surface area (Å²) in [4.78, 5) is 18.0. The molecule has 8 nitrogen and oxygen atoms in total. The van der Waals surface area contributed by atoms with Crippen LogP contribution in [0.3, 0.4) is 0 Å². The first kappa shape index (κ1) is 17.0. The third kappa shape index (κ3) is 3.89. The average Bonchev–Trinajstić information content (AvgIpc) is 3.17. The van der Waals surface area contributed by atoms with Gasteiger partial charge in [-0.3, -0.25) is 4.79 Å². The second-order valence-corrected chi connectivity index (χ2v) is 6.47. The van der Waals surface area contributed by atoms with E-state index >= 15 is 0 Å².